The van der Waals surface area contributed by atoms with Crippen LogP contribution < -0.4 is 18.9 Å². The monoisotopic (exact) mass is 371 g/mol. The molecule has 0 fully saturated rings. The fourth-order valence-electron chi connectivity index (χ4n) is 3.35. The van der Waals surface area contributed by atoms with Crippen LogP contribution in [0.4, 0.5) is 0 Å². The van der Waals surface area contributed by atoms with Gasteiger partial charge in [-0.15, -0.1) is 0 Å². The van der Waals surface area contributed by atoms with Gasteiger partial charge in [-0.05, 0) is 29.8 Å². The van der Waals surface area contributed by atoms with E-state index in [0.717, 1.165) is 16.7 Å². The SMILES string of the molecule is CCC(=O)N1CCOc2c(cc(-c3c(OC)cccc3OC)cc2OC)C1. The largest absolute Gasteiger partial charge is 0.496 e. The summed E-state index contributed by atoms with van der Waals surface area (Å²) in [6.45, 7) is 3.33. The Morgan fingerprint density at radius 2 is 1.74 bits per heavy atom. The van der Waals surface area contributed by atoms with Crippen molar-refractivity contribution in [3.05, 3.63) is 35.9 Å². The molecule has 2 aromatic carbocycles. The molecule has 0 atom stereocenters. The molecule has 0 bridgehead atoms. The number of nitrogens with zero attached hydrogens (tertiary/aromatic N) is 1. The fourth-order valence-corrected chi connectivity index (χ4v) is 3.35. The lowest BCUT2D eigenvalue weighted by atomic mass is 9.99. The summed E-state index contributed by atoms with van der Waals surface area (Å²) < 4.78 is 22.6. The van der Waals surface area contributed by atoms with E-state index in [-0.39, 0.29) is 5.91 Å². The Kier molecular flexibility index (Phi) is 5.74. The zero-order valence-electron chi connectivity index (χ0n) is 16.2. The normalized spacial score (nSPS) is 13.3. The lowest BCUT2D eigenvalue weighted by Gasteiger charge is -2.20. The van der Waals surface area contributed by atoms with E-state index in [2.05, 4.69) is 0 Å². The molecule has 0 spiro atoms. The smallest absolute Gasteiger partial charge is 0.222 e. The van der Waals surface area contributed by atoms with E-state index < -0.39 is 0 Å². The predicted octanol–water partition coefficient (Wildman–Crippen LogP) is 3.51. The second-order valence-corrected chi connectivity index (χ2v) is 6.22. The maximum Gasteiger partial charge on any atom is 0.222 e. The maximum atomic E-state index is 12.2. The van der Waals surface area contributed by atoms with Crippen molar-refractivity contribution in [2.24, 2.45) is 0 Å². The minimum atomic E-state index is 0.102. The number of rotatable bonds is 5. The molecule has 0 N–H and O–H groups in total. The molecular formula is C21H25NO5. The van der Waals surface area contributed by atoms with E-state index in [4.69, 9.17) is 18.9 Å². The molecule has 1 aliphatic heterocycles. The number of fused-ring (bicyclic) bond motifs is 1. The Morgan fingerprint density at radius 3 is 2.33 bits per heavy atom. The molecule has 1 heterocycles. The van der Waals surface area contributed by atoms with E-state index in [1.807, 2.05) is 42.2 Å². The van der Waals surface area contributed by atoms with Gasteiger partial charge in [0.05, 0.1) is 33.4 Å². The average molecular weight is 371 g/mol. The molecular weight excluding hydrogens is 346 g/mol. The zero-order valence-corrected chi connectivity index (χ0v) is 16.2. The molecule has 6 heteroatoms. The fraction of sp³-hybridized carbons (Fsp3) is 0.381. The Bertz CT molecular complexity index is 811. The van der Waals surface area contributed by atoms with Gasteiger partial charge in [-0.25, -0.2) is 0 Å². The number of ether oxygens (including phenoxy) is 4. The molecule has 27 heavy (non-hydrogen) atoms. The summed E-state index contributed by atoms with van der Waals surface area (Å²) in [7, 11) is 4.87. The lowest BCUT2D eigenvalue weighted by molar-refractivity contribution is -0.131. The van der Waals surface area contributed by atoms with Crippen molar-refractivity contribution < 1.29 is 23.7 Å². The minimum Gasteiger partial charge on any atom is -0.496 e. The first-order valence-electron chi connectivity index (χ1n) is 8.95. The summed E-state index contributed by atoms with van der Waals surface area (Å²) in [6, 6.07) is 9.58. The predicted molar refractivity (Wildman–Crippen MR) is 103 cm³/mol. The van der Waals surface area contributed by atoms with E-state index in [1.54, 1.807) is 21.3 Å². The van der Waals surface area contributed by atoms with Crippen LogP contribution in [0.25, 0.3) is 11.1 Å². The molecule has 2 aromatic rings. The minimum absolute atomic E-state index is 0.102. The van der Waals surface area contributed by atoms with Crippen molar-refractivity contribution in [3.8, 4) is 34.1 Å². The molecule has 1 amide bonds. The number of amides is 1. The number of carbonyl (C=O) groups is 1. The highest BCUT2D eigenvalue weighted by Gasteiger charge is 2.24. The van der Waals surface area contributed by atoms with Gasteiger partial charge in [-0.1, -0.05) is 13.0 Å². The van der Waals surface area contributed by atoms with Gasteiger partial charge >= 0.3 is 0 Å². The highest BCUT2D eigenvalue weighted by molar-refractivity contribution is 5.80. The van der Waals surface area contributed by atoms with Crippen molar-refractivity contribution in [2.45, 2.75) is 19.9 Å². The molecule has 6 nitrogen and oxygen atoms in total. The molecule has 0 saturated carbocycles. The highest BCUT2D eigenvalue weighted by Crippen LogP contribution is 2.44. The first-order valence-corrected chi connectivity index (χ1v) is 8.95. The molecule has 0 aromatic heterocycles. The van der Waals surface area contributed by atoms with Crippen LogP contribution in [0.3, 0.4) is 0 Å². The third-order valence-corrected chi connectivity index (χ3v) is 4.69. The Labute approximate surface area is 159 Å². The first-order chi connectivity index (χ1) is 13.1. The van der Waals surface area contributed by atoms with E-state index in [1.165, 1.54) is 0 Å². The molecule has 0 radical (unpaired) electrons. The van der Waals surface area contributed by atoms with Crippen LogP contribution in [0.15, 0.2) is 30.3 Å². The van der Waals surface area contributed by atoms with Crippen LogP contribution in [-0.4, -0.2) is 45.3 Å². The van der Waals surface area contributed by atoms with Crippen molar-refractivity contribution in [2.75, 3.05) is 34.5 Å². The van der Waals surface area contributed by atoms with Gasteiger partial charge in [-0.3, -0.25) is 4.79 Å². The molecule has 0 unspecified atom stereocenters. The van der Waals surface area contributed by atoms with Gasteiger partial charge in [-0.2, -0.15) is 0 Å². The van der Waals surface area contributed by atoms with Crippen LogP contribution in [0, 0.1) is 0 Å². The van der Waals surface area contributed by atoms with Crippen LogP contribution in [0.5, 0.6) is 23.0 Å². The number of methoxy groups -OCH3 is 3. The first kappa shape index (κ1) is 18.9. The van der Waals surface area contributed by atoms with Gasteiger partial charge in [0.15, 0.2) is 11.5 Å². The topological polar surface area (TPSA) is 57.2 Å². The molecule has 0 aliphatic carbocycles. The third-order valence-electron chi connectivity index (χ3n) is 4.69. The van der Waals surface area contributed by atoms with Crippen molar-refractivity contribution >= 4 is 5.91 Å². The van der Waals surface area contributed by atoms with E-state index >= 15 is 0 Å². The second kappa shape index (κ2) is 8.20. The highest BCUT2D eigenvalue weighted by atomic mass is 16.5. The zero-order chi connectivity index (χ0) is 19.4. The number of hydrogen-bond donors (Lipinski definition) is 0. The van der Waals surface area contributed by atoms with Crippen LogP contribution in [0.1, 0.15) is 18.9 Å². The van der Waals surface area contributed by atoms with Crippen LogP contribution >= 0.6 is 0 Å². The van der Waals surface area contributed by atoms with Crippen LogP contribution in [0.2, 0.25) is 0 Å². The summed E-state index contributed by atoms with van der Waals surface area (Å²) in [4.78, 5) is 14.1. The van der Waals surface area contributed by atoms with Crippen molar-refractivity contribution in [3.63, 3.8) is 0 Å². The average Bonchev–Trinajstić information content (AvgIpc) is 2.94. The summed E-state index contributed by atoms with van der Waals surface area (Å²) in [5, 5.41) is 0. The summed E-state index contributed by atoms with van der Waals surface area (Å²) in [5.41, 5.74) is 2.62. The standard InChI is InChI=1S/C21H25NO5/c1-5-19(23)22-9-10-27-21-15(13-22)11-14(12-18(21)26-4)20-16(24-2)7-6-8-17(20)25-3/h6-8,11-12H,5,9-10,13H2,1-4H3. The number of hydrogen-bond acceptors (Lipinski definition) is 5. The van der Waals surface area contributed by atoms with Gasteiger partial charge in [0, 0.05) is 18.5 Å². The Balaban J connectivity index is 2.15. The van der Waals surface area contributed by atoms with Gasteiger partial charge in [0.25, 0.3) is 0 Å². The van der Waals surface area contributed by atoms with Gasteiger partial charge in [0.1, 0.15) is 18.1 Å². The molecule has 3 rings (SSSR count). The Hall–Kier alpha value is -2.89. The van der Waals surface area contributed by atoms with Crippen LogP contribution in [-0.2, 0) is 11.3 Å². The second-order valence-electron chi connectivity index (χ2n) is 6.22. The molecule has 144 valence electrons. The van der Waals surface area contributed by atoms with E-state index in [0.29, 0.717) is 49.1 Å². The molecule has 1 aliphatic rings. The quantitative estimate of drug-likeness (QED) is 0.805. The van der Waals surface area contributed by atoms with Gasteiger partial charge in [0.2, 0.25) is 5.91 Å². The summed E-state index contributed by atoms with van der Waals surface area (Å²) >= 11 is 0. The molecule has 0 saturated heterocycles. The summed E-state index contributed by atoms with van der Waals surface area (Å²) in [6.07, 6.45) is 0.465. The summed E-state index contributed by atoms with van der Waals surface area (Å²) in [5.74, 6) is 2.81. The third kappa shape index (κ3) is 3.65. The van der Waals surface area contributed by atoms with Crippen molar-refractivity contribution in [1.29, 1.82) is 0 Å². The van der Waals surface area contributed by atoms with E-state index in [9.17, 15) is 4.79 Å². The lowest BCUT2D eigenvalue weighted by Crippen LogP contribution is -2.31. The maximum absolute atomic E-state index is 12.2. The van der Waals surface area contributed by atoms with Gasteiger partial charge < -0.3 is 23.8 Å². The number of benzene rings is 2. The number of carbonyl (C=O) groups excluding carboxylic acids is 1. The van der Waals surface area contributed by atoms with Crippen molar-refractivity contribution in [1.82, 2.24) is 4.90 Å². The Morgan fingerprint density at radius 1 is 1.07 bits per heavy atom.